The summed E-state index contributed by atoms with van der Waals surface area (Å²) < 4.78 is 5.99. The van der Waals surface area contributed by atoms with Crippen LogP contribution < -0.4 is 10.1 Å². The molecule has 1 heterocycles. The summed E-state index contributed by atoms with van der Waals surface area (Å²) in [6, 6.07) is 8.15. The van der Waals surface area contributed by atoms with Gasteiger partial charge in [-0.05, 0) is 45.3 Å². The third-order valence-corrected chi connectivity index (χ3v) is 3.80. The van der Waals surface area contributed by atoms with Crippen LogP contribution in [0.2, 0.25) is 0 Å². The van der Waals surface area contributed by atoms with Gasteiger partial charge in [-0.1, -0.05) is 18.2 Å². The Hall–Kier alpha value is -1.68. The van der Waals surface area contributed by atoms with Crippen molar-refractivity contribution in [1.82, 2.24) is 15.5 Å². The number of hydrogen-bond acceptors (Lipinski definition) is 4. The number of nitrogens with zero attached hydrogens (tertiary/aromatic N) is 2. The summed E-state index contributed by atoms with van der Waals surface area (Å²) in [5.74, 6) is 1.41. The Morgan fingerprint density at radius 2 is 1.95 bits per heavy atom. The zero-order chi connectivity index (χ0) is 13.2. The molecule has 1 N–H and O–H groups in total. The maximum atomic E-state index is 5.99. The van der Waals surface area contributed by atoms with Crippen LogP contribution in [0.4, 0.5) is 0 Å². The minimum absolute atomic E-state index is 0.291. The van der Waals surface area contributed by atoms with Crippen LogP contribution in [0.25, 0.3) is 10.8 Å². The molecule has 1 aliphatic carbocycles. The summed E-state index contributed by atoms with van der Waals surface area (Å²) in [6.07, 6.45) is 2.49. The highest BCUT2D eigenvalue weighted by atomic mass is 16.5. The van der Waals surface area contributed by atoms with E-state index in [1.165, 1.54) is 0 Å². The maximum absolute atomic E-state index is 5.99. The van der Waals surface area contributed by atoms with Crippen molar-refractivity contribution in [2.24, 2.45) is 5.92 Å². The van der Waals surface area contributed by atoms with Crippen molar-refractivity contribution in [2.45, 2.75) is 25.9 Å². The summed E-state index contributed by atoms with van der Waals surface area (Å²) in [5.41, 5.74) is 0.949. The summed E-state index contributed by atoms with van der Waals surface area (Å²) >= 11 is 0. The monoisotopic (exact) mass is 257 g/mol. The molecule has 4 nitrogen and oxygen atoms in total. The minimum Gasteiger partial charge on any atom is -0.473 e. The van der Waals surface area contributed by atoms with Crippen LogP contribution in [0.3, 0.4) is 0 Å². The van der Waals surface area contributed by atoms with Crippen molar-refractivity contribution < 1.29 is 4.74 Å². The number of benzene rings is 1. The molecule has 1 aromatic carbocycles. The lowest BCUT2D eigenvalue weighted by Crippen LogP contribution is -2.38. The van der Waals surface area contributed by atoms with Gasteiger partial charge in [0.1, 0.15) is 6.10 Å². The van der Waals surface area contributed by atoms with Gasteiger partial charge in [-0.15, -0.1) is 5.10 Å². The molecule has 1 aliphatic rings. The van der Waals surface area contributed by atoms with Gasteiger partial charge in [0.05, 0.1) is 5.69 Å². The average molecular weight is 257 g/mol. The van der Waals surface area contributed by atoms with Crippen molar-refractivity contribution in [3.63, 3.8) is 0 Å². The zero-order valence-corrected chi connectivity index (χ0v) is 11.4. The van der Waals surface area contributed by atoms with Crippen LogP contribution in [0.15, 0.2) is 24.3 Å². The Kier molecular flexibility index (Phi) is 3.34. The van der Waals surface area contributed by atoms with Crippen LogP contribution in [0.5, 0.6) is 5.88 Å². The SMILES string of the molecule is CNCC1CC(Oc2nnc(C)c3ccccc23)C1. The van der Waals surface area contributed by atoms with Gasteiger partial charge in [0, 0.05) is 10.8 Å². The van der Waals surface area contributed by atoms with Crippen LogP contribution in [-0.2, 0) is 0 Å². The van der Waals surface area contributed by atoms with Crippen molar-refractivity contribution in [3.8, 4) is 5.88 Å². The third kappa shape index (κ3) is 2.40. The van der Waals surface area contributed by atoms with Crippen LogP contribution in [0.1, 0.15) is 18.5 Å². The first-order valence-corrected chi connectivity index (χ1v) is 6.81. The molecule has 2 aromatic rings. The van der Waals surface area contributed by atoms with Gasteiger partial charge in [-0.2, -0.15) is 5.10 Å². The molecule has 0 radical (unpaired) electrons. The molecular formula is C15H19N3O. The van der Waals surface area contributed by atoms with Crippen molar-refractivity contribution in [3.05, 3.63) is 30.0 Å². The Labute approximate surface area is 113 Å². The lowest BCUT2D eigenvalue weighted by atomic mass is 9.82. The van der Waals surface area contributed by atoms with Gasteiger partial charge in [-0.3, -0.25) is 0 Å². The molecule has 19 heavy (non-hydrogen) atoms. The van der Waals surface area contributed by atoms with Crippen molar-refractivity contribution in [2.75, 3.05) is 13.6 Å². The fourth-order valence-electron chi connectivity index (χ4n) is 2.68. The zero-order valence-electron chi connectivity index (χ0n) is 11.4. The average Bonchev–Trinajstić information content (AvgIpc) is 2.39. The first-order chi connectivity index (χ1) is 9.28. The first kappa shape index (κ1) is 12.4. The standard InChI is InChI=1S/C15H19N3O/c1-10-13-5-3-4-6-14(13)15(18-17-10)19-12-7-11(8-12)9-16-2/h3-6,11-12,16H,7-9H2,1-2H3. The lowest BCUT2D eigenvalue weighted by molar-refractivity contribution is 0.0623. The Morgan fingerprint density at radius 3 is 2.68 bits per heavy atom. The molecule has 1 saturated carbocycles. The summed E-state index contributed by atoms with van der Waals surface area (Å²) in [7, 11) is 1.99. The molecule has 0 unspecified atom stereocenters. The number of nitrogens with one attached hydrogen (secondary N) is 1. The Balaban J connectivity index is 1.77. The predicted molar refractivity (Wildman–Crippen MR) is 75.3 cm³/mol. The van der Waals surface area contributed by atoms with Gasteiger partial charge in [0.15, 0.2) is 0 Å². The summed E-state index contributed by atoms with van der Waals surface area (Å²) in [6.45, 7) is 3.05. The molecule has 4 heteroatoms. The fraction of sp³-hybridized carbons (Fsp3) is 0.467. The molecule has 1 aromatic heterocycles. The highest BCUT2D eigenvalue weighted by Crippen LogP contribution is 2.32. The lowest BCUT2D eigenvalue weighted by Gasteiger charge is -2.34. The van der Waals surface area contributed by atoms with E-state index in [4.69, 9.17) is 4.74 Å². The third-order valence-electron chi connectivity index (χ3n) is 3.80. The number of hydrogen-bond donors (Lipinski definition) is 1. The second kappa shape index (κ2) is 5.13. The van der Waals surface area contributed by atoms with Crippen LogP contribution in [0, 0.1) is 12.8 Å². The summed E-state index contributed by atoms with van der Waals surface area (Å²) in [5, 5.41) is 13.8. The molecule has 0 atom stereocenters. The molecule has 0 spiro atoms. The molecule has 0 amide bonds. The highest BCUT2D eigenvalue weighted by Gasteiger charge is 2.30. The normalized spacial score (nSPS) is 22.2. The number of aromatic nitrogens is 2. The second-order valence-electron chi connectivity index (χ2n) is 5.27. The Bertz CT molecular complexity index is 579. The minimum atomic E-state index is 0.291. The van der Waals surface area contributed by atoms with Gasteiger partial charge in [-0.25, -0.2) is 0 Å². The van der Waals surface area contributed by atoms with Gasteiger partial charge in [0.25, 0.3) is 0 Å². The number of aryl methyl sites for hydroxylation is 1. The van der Waals surface area contributed by atoms with Gasteiger partial charge >= 0.3 is 0 Å². The van der Waals surface area contributed by atoms with Gasteiger partial charge in [0.2, 0.25) is 5.88 Å². The number of rotatable bonds is 4. The maximum Gasteiger partial charge on any atom is 0.241 e. The Morgan fingerprint density at radius 1 is 1.21 bits per heavy atom. The number of ether oxygens (including phenoxy) is 1. The highest BCUT2D eigenvalue weighted by molar-refractivity contribution is 5.88. The van der Waals surface area contributed by atoms with Crippen LogP contribution in [-0.4, -0.2) is 29.9 Å². The molecule has 0 aliphatic heterocycles. The van der Waals surface area contributed by atoms with E-state index in [9.17, 15) is 0 Å². The van der Waals surface area contributed by atoms with E-state index in [-0.39, 0.29) is 0 Å². The van der Waals surface area contributed by atoms with Crippen LogP contribution >= 0.6 is 0 Å². The van der Waals surface area contributed by atoms with E-state index < -0.39 is 0 Å². The smallest absolute Gasteiger partial charge is 0.241 e. The van der Waals surface area contributed by atoms with Crippen molar-refractivity contribution >= 4 is 10.8 Å². The van der Waals surface area contributed by atoms with E-state index in [1.807, 2.05) is 26.1 Å². The fourth-order valence-corrected chi connectivity index (χ4v) is 2.68. The molecule has 1 fully saturated rings. The first-order valence-electron chi connectivity index (χ1n) is 6.81. The largest absolute Gasteiger partial charge is 0.473 e. The molecular weight excluding hydrogens is 238 g/mol. The van der Waals surface area contributed by atoms with Crippen molar-refractivity contribution in [1.29, 1.82) is 0 Å². The van der Waals surface area contributed by atoms with E-state index in [0.29, 0.717) is 12.0 Å². The predicted octanol–water partition coefficient (Wildman–Crippen LogP) is 2.32. The summed E-state index contributed by atoms with van der Waals surface area (Å²) in [4.78, 5) is 0. The van der Waals surface area contributed by atoms with Gasteiger partial charge < -0.3 is 10.1 Å². The number of fused-ring (bicyclic) bond motifs is 1. The van der Waals surface area contributed by atoms with E-state index >= 15 is 0 Å². The van der Waals surface area contributed by atoms with E-state index in [0.717, 1.165) is 41.8 Å². The second-order valence-corrected chi connectivity index (χ2v) is 5.27. The molecule has 3 rings (SSSR count). The quantitative estimate of drug-likeness (QED) is 0.913. The van der Waals surface area contributed by atoms with E-state index in [1.54, 1.807) is 0 Å². The molecule has 0 saturated heterocycles. The topological polar surface area (TPSA) is 47.0 Å². The van der Waals surface area contributed by atoms with E-state index in [2.05, 4.69) is 27.6 Å². The molecule has 100 valence electrons. The molecule has 0 bridgehead atoms.